The Balaban J connectivity index is 1.80. The molecule has 0 aliphatic carbocycles. The molecule has 0 N–H and O–H groups in total. The summed E-state index contributed by atoms with van der Waals surface area (Å²) in [6, 6.07) is 30.3. The first-order valence-corrected chi connectivity index (χ1v) is 13.7. The molecular weight excluding hydrogens is 438 g/mol. The molecule has 36 heavy (non-hydrogen) atoms. The lowest BCUT2D eigenvalue weighted by Crippen LogP contribution is -2.26. The van der Waals surface area contributed by atoms with Gasteiger partial charge in [-0.25, -0.2) is 4.98 Å². The summed E-state index contributed by atoms with van der Waals surface area (Å²) in [5.41, 5.74) is 7.62. The summed E-state index contributed by atoms with van der Waals surface area (Å²) in [6.45, 7) is 10.7. The van der Waals surface area contributed by atoms with E-state index in [1.54, 1.807) is 0 Å². The lowest BCUT2D eigenvalue weighted by Gasteiger charge is -2.25. The van der Waals surface area contributed by atoms with Crippen molar-refractivity contribution in [2.45, 2.75) is 72.5 Å². The smallest absolute Gasteiger partial charge is 0.140 e. The van der Waals surface area contributed by atoms with Crippen molar-refractivity contribution in [2.75, 3.05) is 6.54 Å². The molecule has 0 atom stereocenters. The molecule has 1 heterocycles. The Morgan fingerprint density at radius 2 is 1.33 bits per heavy atom. The number of imidazole rings is 1. The molecule has 188 valence electrons. The Labute approximate surface area is 217 Å². The molecule has 1 aromatic heterocycles. The van der Waals surface area contributed by atoms with Gasteiger partial charge in [0.15, 0.2) is 0 Å². The minimum atomic E-state index is 0.893. The minimum absolute atomic E-state index is 0.893. The van der Waals surface area contributed by atoms with Gasteiger partial charge < -0.3 is 4.57 Å². The average Bonchev–Trinajstić information content (AvgIpc) is 3.27. The topological polar surface area (TPSA) is 21.1 Å². The Kier molecular flexibility index (Phi) is 9.52. The Morgan fingerprint density at radius 1 is 0.694 bits per heavy atom. The number of benzene rings is 3. The molecule has 0 radical (unpaired) electrons. The fourth-order valence-corrected chi connectivity index (χ4v) is 4.88. The Hall–Kier alpha value is -3.17. The van der Waals surface area contributed by atoms with Crippen LogP contribution in [0.15, 0.2) is 84.9 Å². The van der Waals surface area contributed by atoms with Crippen LogP contribution in [-0.4, -0.2) is 21.0 Å². The molecule has 0 fully saturated rings. The Bertz CT molecular complexity index is 1190. The molecule has 0 amide bonds. The summed E-state index contributed by atoms with van der Waals surface area (Å²) in [6.07, 6.45) is 6.00. The molecule has 0 saturated heterocycles. The maximum atomic E-state index is 5.32. The number of unbranched alkanes of at least 4 members (excludes halogenated alkanes) is 3. The molecule has 4 aromatic rings. The molecule has 3 nitrogen and oxygen atoms in total. The lowest BCUT2D eigenvalue weighted by molar-refractivity contribution is 0.246. The van der Waals surface area contributed by atoms with Gasteiger partial charge in [0.25, 0.3) is 0 Å². The quantitative estimate of drug-likeness (QED) is 0.179. The fourth-order valence-electron chi connectivity index (χ4n) is 4.88. The predicted molar refractivity (Wildman–Crippen MR) is 153 cm³/mol. The van der Waals surface area contributed by atoms with Gasteiger partial charge >= 0.3 is 0 Å². The van der Waals surface area contributed by atoms with Gasteiger partial charge in [0.05, 0.1) is 11.4 Å². The number of hydrogen-bond acceptors (Lipinski definition) is 2. The highest BCUT2D eigenvalue weighted by molar-refractivity contribution is 5.68. The van der Waals surface area contributed by atoms with Crippen molar-refractivity contribution in [1.82, 2.24) is 14.5 Å². The van der Waals surface area contributed by atoms with Crippen LogP contribution in [-0.2, 0) is 19.6 Å². The number of aryl methyl sites for hydroxylation is 1. The zero-order valence-corrected chi connectivity index (χ0v) is 22.3. The fraction of sp³-hybridized carbons (Fsp3) is 0.364. The van der Waals surface area contributed by atoms with Crippen LogP contribution in [0.3, 0.4) is 0 Å². The van der Waals surface area contributed by atoms with Crippen LogP contribution in [0.2, 0.25) is 0 Å². The van der Waals surface area contributed by atoms with E-state index in [2.05, 4.69) is 115 Å². The van der Waals surface area contributed by atoms with Crippen molar-refractivity contribution in [2.24, 2.45) is 0 Å². The number of rotatable bonds is 13. The van der Waals surface area contributed by atoms with Crippen LogP contribution in [0, 0.1) is 6.92 Å². The van der Waals surface area contributed by atoms with Gasteiger partial charge in [-0.15, -0.1) is 0 Å². The van der Waals surface area contributed by atoms with Crippen LogP contribution >= 0.6 is 0 Å². The van der Waals surface area contributed by atoms with Crippen LogP contribution in [0.25, 0.3) is 22.6 Å². The predicted octanol–water partition coefficient (Wildman–Crippen LogP) is 8.52. The minimum Gasteiger partial charge on any atom is -0.326 e. The summed E-state index contributed by atoms with van der Waals surface area (Å²) in [5, 5.41) is 0. The van der Waals surface area contributed by atoms with Gasteiger partial charge in [-0.1, -0.05) is 118 Å². The summed E-state index contributed by atoms with van der Waals surface area (Å²) < 4.78 is 2.52. The van der Waals surface area contributed by atoms with Crippen LogP contribution in [0.4, 0.5) is 0 Å². The van der Waals surface area contributed by atoms with E-state index < -0.39 is 0 Å². The van der Waals surface area contributed by atoms with E-state index in [0.29, 0.717) is 0 Å². The van der Waals surface area contributed by atoms with E-state index in [9.17, 15) is 0 Å². The van der Waals surface area contributed by atoms with E-state index in [4.69, 9.17) is 4.98 Å². The first-order chi connectivity index (χ1) is 17.7. The van der Waals surface area contributed by atoms with Gasteiger partial charge in [0.2, 0.25) is 0 Å². The molecule has 0 saturated carbocycles. The van der Waals surface area contributed by atoms with Crippen molar-refractivity contribution in [1.29, 1.82) is 0 Å². The average molecular weight is 480 g/mol. The molecule has 0 spiro atoms. The molecule has 3 heteroatoms. The summed E-state index contributed by atoms with van der Waals surface area (Å²) in [4.78, 5) is 7.95. The van der Waals surface area contributed by atoms with E-state index in [-0.39, 0.29) is 0 Å². The summed E-state index contributed by atoms with van der Waals surface area (Å²) >= 11 is 0. The molecule has 0 aliphatic rings. The van der Waals surface area contributed by atoms with Crippen LogP contribution in [0.1, 0.15) is 62.8 Å². The van der Waals surface area contributed by atoms with Crippen molar-refractivity contribution in [3.05, 3.63) is 102 Å². The zero-order chi connectivity index (χ0) is 25.2. The normalized spacial score (nSPS) is 11.3. The van der Waals surface area contributed by atoms with Crippen LogP contribution in [0.5, 0.6) is 0 Å². The van der Waals surface area contributed by atoms with Crippen molar-refractivity contribution in [3.63, 3.8) is 0 Å². The van der Waals surface area contributed by atoms with E-state index in [1.807, 2.05) is 0 Å². The maximum Gasteiger partial charge on any atom is 0.140 e. The largest absolute Gasteiger partial charge is 0.326 e. The first-order valence-electron chi connectivity index (χ1n) is 13.7. The molecular formula is C33H41N3. The van der Waals surface area contributed by atoms with Gasteiger partial charge in [0.1, 0.15) is 5.82 Å². The van der Waals surface area contributed by atoms with Crippen LogP contribution < -0.4 is 0 Å². The third-order valence-electron chi connectivity index (χ3n) is 6.99. The SMILES string of the molecule is CCCCCn1c(-c2ccccc2)nc(-c2ccccc2)c1CN(CCCC)Cc1ccccc1C. The highest BCUT2D eigenvalue weighted by atomic mass is 15.2. The van der Waals surface area contributed by atoms with E-state index >= 15 is 0 Å². The maximum absolute atomic E-state index is 5.32. The second-order valence-electron chi connectivity index (χ2n) is 9.81. The van der Waals surface area contributed by atoms with Crippen molar-refractivity contribution >= 4 is 0 Å². The van der Waals surface area contributed by atoms with Gasteiger partial charge in [-0.05, 0) is 37.4 Å². The lowest BCUT2D eigenvalue weighted by atomic mass is 10.1. The highest BCUT2D eigenvalue weighted by Crippen LogP contribution is 2.31. The second kappa shape index (κ2) is 13.2. The summed E-state index contributed by atoms with van der Waals surface area (Å²) in [7, 11) is 0. The molecule has 0 unspecified atom stereocenters. The van der Waals surface area contributed by atoms with Gasteiger partial charge in [-0.2, -0.15) is 0 Å². The summed E-state index contributed by atoms with van der Waals surface area (Å²) in [5.74, 6) is 1.09. The molecule has 0 bridgehead atoms. The van der Waals surface area contributed by atoms with Gasteiger partial charge in [-0.3, -0.25) is 4.90 Å². The third-order valence-corrected chi connectivity index (χ3v) is 6.99. The zero-order valence-electron chi connectivity index (χ0n) is 22.3. The molecule has 0 aliphatic heterocycles. The standard InChI is InChI=1S/C33H41N3/c1-4-6-16-24-36-31(26-35(23-7-5-2)25-30-22-15-14-17-27(30)3)32(28-18-10-8-11-19-28)34-33(36)29-20-12-9-13-21-29/h8-15,17-22H,4-7,16,23-26H2,1-3H3. The Morgan fingerprint density at radius 3 is 2.00 bits per heavy atom. The van der Waals surface area contributed by atoms with E-state index in [1.165, 1.54) is 60.1 Å². The second-order valence-corrected chi connectivity index (χ2v) is 9.81. The third kappa shape index (κ3) is 6.53. The monoisotopic (exact) mass is 479 g/mol. The number of hydrogen-bond donors (Lipinski definition) is 0. The van der Waals surface area contributed by atoms with Gasteiger partial charge in [0, 0.05) is 30.8 Å². The number of nitrogens with zero attached hydrogens (tertiary/aromatic N) is 3. The molecule has 4 rings (SSSR count). The number of aromatic nitrogens is 2. The van der Waals surface area contributed by atoms with E-state index in [0.717, 1.165) is 37.7 Å². The van der Waals surface area contributed by atoms with Crippen molar-refractivity contribution < 1.29 is 0 Å². The molecule has 3 aromatic carbocycles. The first kappa shape index (κ1) is 25.9. The van der Waals surface area contributed by atoms with Crippen molar-refractivity contribution in [3.8, 4) is 22.6 Å². The highest BCUT2D eigenvalue weighted by Gasteiger charge is 2.22.